The molecule has 4 heteroatoms. The largest absolute Gasteiger partial charge is 0.497 e. The third-order valence-electron chi connectivity index (χ3n) is 2.74. The minimum Gasteiger partial charge on any atom is -0.497 e. The average Bonchev–Trinajstić information content (AvgIpc) is 2.36. The van der Waals surface area contributed by atoms with Crippen LogP contribution in [0.5, 0.6) is 5.75 Å². The van der Waals surface area contributed by atoms with Crippen LogP contribution in [0.3, 0.4) is 0 Å². The summed E-state index contributed by atoms with van der Waals surface area (Å²) in [6.45, 7) is 1.99. The fourth-order valence-corrected chi connectivity index (χ4v) is 1.89. The molecule has 0 aliphatic carbocycles. The van der Waals surface area contributed by atoms with Crippen molar-refractivity contribution >= 4 is 28.7 Å². The highest BCUT2D eigenvalue weighted by molar-refractivity contribution is 6.33. The molecule has 0 radical (unpaired) electrons. The van der Waals surface area contributed by atoms with Gasteiger partial charge in [-0.3, -0.25) is 0 Å². The van der Waals surface area contributed by atoms with Crippen molar-refractivity contribution in [1.29, 1.82) is 0 Å². The maximum absolute atomic E-state index is 6.15. The Morgan fingerprint density at radius 2 is 2.00 bits per heavy atom. The van der Waals surface area contributed by atoms with Crippen LogP contribution < -0.4 is 15.8 Å². The summed E-state index contributed by atoms with van der Waals surface area (Å²) in [4.78, 5) is 0. The van der Waals surface area contributed by atoms with Gasteiger partial charge in [0.2, 0.25) is 0 Å². The molecule has 0 saturated heterocycles. The van der Waals surface area contributed by atoms with E-state index in [9.17, 15) is 0 Å². The molecule has 0 amide bonds. The van der Waals surface area contributed by atoms with Gasteiger partial charge in [-0.05, 0) is 30.7 Å². The van der Waals surface area contributed by atoms with Gasteiger partial charge in [0.15, 0.2) is 0 Å². The fraction of sp³-hybridized carbons (Fsp3) is 0.143. The maximum Gasteiger partial charge on any atom is 0.121 e. The molecule has 0 aliphatic rings. The maximum atomic E-state index is 6.15. The Bertz CT molecular complexity index is 549. The van der Waals surface area contributed by atoms with Crippen LogP contribution in [0, 0.1) is 6.92 Å². The highest BCUT2D eigenvalue weighted by Crippen LogP contribution is 2.32. The zero-order chi connectivity index (χ0) is 13.1. The molecule has 0 saturated carbocycles. The molecular formula is C14H15ClN2O. The first-order valence-electron chi connectivity index (χ1n) is 5.57. The third kappa shape index (κ3) is 2.51. The predicted molar refractivity (Wildman–Crippen MR) is 76.9 cm³/mol. The number of ether oxygens (including phenoxy) is 1. The number of anilines is 3. The van der Waals surface area contributed by atoms with Gasteiger partial charge in [-0.2, -0.15) is 0 Å². The normalized spacial score (nSPS) is 10.2. The number of rotatable bonds is 3. The molecule has 0 aromatic heterocycles. The second-order valence-electron chi connectivity index (χ2n) is 4.01. The number of nitrogens with one attached hydrogen (secondary N) is 1. The predicted octanol–water partition coefficient (Wildman–Crippen LogP) is 3.98. The van der Waals surface area contributed by atoms with Gasteiger partial charge in [-0.1, -0.05) is 23.7 Å². The van der Waals surface area contributed by atoms with Crippen molar-refractivity contribution < 1.29 is 4.74 Å². The van der Waals surface area contributed by atoms with E-state index in [1.807, 2.05) is 37.3 Å². The van der Waals surface area contributed by atoms with E-state index in [-0.39, 0.29) is 0 Å². The van der Waals surface area contributed by atoms with Crippen LogP contribution in [0.1, 0.15) is 5.56 Å². The van der Waals surface area contributed by atoms with Crippen molar-refractivity contribution in [1.82, 2.24) is 0 Å². The standard InChI is InChI=1S/C14H15ClN2O/c1-9-4-3-5-12(16)14(9)17-13-8-10(18-2)6-7-11(13)15/h3-8,17H,16H2,1-2H3. The monoisotopic (exact) mass is 262 g/mol. The quantitative estimate of drug-likeness (QED) is 0.823. The van der Waals surface area contributed by atoms with Crippen LogP contribution in [-0.4, -0.2) is 7.11 Å². The number of nitrogens with two attached hydrogens (primary N) is 1. The van der Waals surface area contributed by atoms with E-state index in [0.29, 0.717) is 10.7 Å². The zero-order valence-electron chi connectivity index (χ0n) is 10.3. The number of halogens is 1. The van der Waals surface area contributed by atoms with E-state index in [0.717, 1.165) is 22.7 Å². The number of aryl methyl sites for hydroxylation is 1. The van der Waals surface area contributed by atoms with E-state index in [2.05, 4.69) is 5.32 Å². The topological polar surface area (TPSA) is 47.3 Å². The Hall–Kier alpha value is -1.87. The lowest BCUT2D eigenvalue weighted by Gasteiger charge is -2.14. The highest BCUT2D eigenvalue weighted by atomic mass is 35.5. The Labute approximate surface area is 112 Å². The molecule has 94 valence electrons. The molecule has 0 aliphatic heterocycles. The van der Waals surface area contributed by atoms with Gasteiger partial charge < -0.3 is 15.8 Å². The average molecular weight is 263 g/mol. The Morgan fingerprint density at radius 1 is 1.22 bits per heavy atom. The summed E-state index contributed by atoms with van der Waals surface area (Å²) < 4.78 is 5.18. The molecule has 18 heavy (non-hydrogen) atoms. The Morgan fingerprint density at radius 3 is 2.67 bits per heavy atom. The molecular weight excluding hydrogens is 248 g/mol. The summed E-state index contributed by atoms with van der Waals surface area (Å²) in [5.74, 6) is 0.744. The number of hydrogen-bond acceptors (Lipinski definition) is 3. The van der Waals surface area contributed by atoms with Crippen LogP contribution in [0.2, 0.25) is 5.02 Å². The Balaban J connectivity index is 2.39. The summed E-state index contributed by atoms with van der Waals surface area (Å²) in [5.41, 5.74) is 9.35. The molecule has 0 fully saturated rings. The second kappa shape index (κ2) is 5.19. The first-order valence-corrected chi connectivity index (χ1v) is 5.95. The number of benzene rings is 2. The molecule has 0 heterocycles. The first kappa shape index (κ1) is 12.6. The Kier molecular flexibility index (Phi) is 3.63. The van der Waals surface area contributed by atoms with Crippen molar-refractivity contribution in [3.63, 3.8) is 0 Å². The minimum absolute atomic E-state index is 0.624. The zero-order valence-corrected chi connectivity index (χ0v) is 11.1. The molecule has 0 spiro atoms. The molecule has 2 rings (SSSR count). The molecule has 0 bridgehead atoms. The first-order chi connectivity index (χ1) is 8.61. The molecule has 0 unspecified atom stereocenters. The van der Waals surface area contributed by atoms with Crippen LogP contribution in [0.4, 0.5) is 17.1 Å². The number of hydrogen-bond donors (Lipinski definition) is 2. The van der Waals surface area contributed by atoms with Crippen molar-refractivity contribution in [2.24, 2.45) is 0 Å². The van der Waals surface area contributed by atoms with Crippen molar-refractivity contribution in [2.45, 2.75) is 6.92 Å². The van der Waals surface area contributed by atoms with Gasteiger partial charge in [0.05, 0.1) is 29.2 Å². The lowest BCUT2D eigenvalue weighted by Crippen LogP contribution is -1.99. The van der Waals surface area contributed by atoms with Gasteiger partial charge in [0, 0.05) is 6.07 Å². The molecule has 2 aromatic carbocycles. The van der Waals surface area contributed by atoms with Gasteiger partial charge in [-0.15, -0.1) is 0 Å². The van der Waals surface area contributed by atoms with Crippen molar-refractivity contribution in [3.05, 3.63) is 47.0 Å². The van der Waals surface area contributed by atoms with Gasteiger partial charge in [-0.25, -0.2) is 0 Å². The fourth-order valence-electron chi connectivity index (χ4n) is 1.72. The third-order valence-corrected chi connectivity index (χ3v) is 3.07. The second-order valence-corrected chi connectivity index (χ2v) is 4.42. The molecule has 3 N–H and O–H groups in total. The van der Waals surface area contributed by atoms with Crippen molar-refractivity contribution in [3.8, 4) is 5.75 Å². The van der Waals surface area contributed by atoms with Crippen LogP contribution in [0.15, 0.2) is 36.4 Å². The van der Waals surface area contributed by atoms with Crippen molar-refractivity contribution in [2.75, 3.05) is 18.2 Å². The van der Waals surface area contributed by atoms with E-state index in [4.69, 9.17) is 22.1 Å². The van der Waals surface area contributed by atoms with Gasteiger partial charge in [0.1, 0.15) is 5.75 Å². The van der Waals surface area contributed by atoms with E-state index < -0.39 is 0 Å². The minimum atomic E-state index is 0.624. The van der Waals surface area contributed by atoms with Crippen LogP contribution >= 0.6 is 11.6 Å². The lowest BCUT2D eigenvalue weighted by molar-refractivity contribution is 0.415. The van der Waals surface area contributed by atoms with Crippen LogP contribution in [-0.2, 0) is 0 Å². The smallest absolute Gasteiger partial charge is 0.121 e. The van der Waals surface area contributed by atoms with Gasteiger partial charge >= 0.3 is 0 Å². The van der Waals surface area contributed by atoms with Crippen LogP contribution in [0.25, 0.3) is 0 Å². The summed E-state index contributed by atoms with van der Waals surface area (Å²) in [6.07, 6.45) is 0. The summed E-state index contributed by atoms with van der Waals surface area (Å²) in [6, 6.07) is 11.2. The number of para-hydroxylation sites is 1. The summed E-state index contributed by atoms with van der Waals surface area (Å²) >= 11 is 6.15. The van der Waals surface area contributed by atoms with E-state index in [1.54, 1.807) is 13.2 Å². The van der Waals surface area contributed by atoms with E-state index >= 15 is 0 Å². The molecule has 0 atom stereocenters. The molecule has 3 nitrogen and oxygen atoms in total. The van der Waals surface area contributed by atoms with E-state index in [1.165, 1.54) is 0 Å². The number of methoxy groups -OCH3 is 1. The SMILES string of the molecule is COc1ccc(Cl)c(Nc2c(C)cccc2N)c1. The summed E-state index contributed by atoms with van der Waals surface area (Å²) in [7, 11) is 1.62. The number of nitrogen functional groups attached to an aromatic ring is 1. The molecule has 2 aromatic rings. The highest BCUT2D eigenvalue weighted by Gasteiger charge is 2.07. The van der Waals surface area contributed by atoms with Gasteiger partial charge in [0.25, 0.3) is 0 Å². The lowest BCUT2D eigenvalue weighted by atomic mass is 10.1. The summed E-state index contributed by atoms with van der Waals surface area (Å²) in [5, 5.41) is 3.87.